The van der Waals surface area contributed by atoms with E-state index in [0.29, 0.717) is 5.82 Å². The Hall–Kier alpha value is -4.61. The molecule has 1 aromatic carbocycles. The highest BCUT2D eigenvalue weighted by molar-refractivity contribution is 5.96. The van der Waals surface area contributed by atoms with Gasteiger partial charge in [-0.25, -0.2) is 19.7 Å². The van der Waals surface area contributed by atoms with Gasteiger partial charge in [-0.2, -0.15) is 9.78 Å². The van der Waals surface area contributed by atoms with E-state index in [1.54, 1.807) is 6.92 Å². The number of nitrogens with one attached hydrogen (secondary N) is 1. The molecule has 12 nitrogen and oxygen atoms in total. The van der Waals surface area contributed by atoms with Gasteiger partial charge in [0.15, 0.2) is 11.6 Å². The van der Waals surface area contributed by atoms with Crippen LogP contribution < -0.4 is 11.1 Å². The van der Waals surface area contributed by atoms with Crippen molar-refractivity contribution in [1.82, 2.24) is 24.7 Å². The zero-order chi connectivity index (χ0) is 24.6. The van der Waals surface area contributed by atoms with Gasteiger partial charge in [-0.3, -0.25) is 10.1 Å². The number of nitrogen functional groups attached to an aromatic ring is 1. The number of ether oxygens (including phenoxy) is 1. The first kappa shape index (κ1) is 22.6. The molecule has 3 aromatic heterocycles. The Kier molecular flexibility index (Phi) is 5.80. The molecule has 0 aliphatic carbocycles. The van der Waals surface area contributed by atoms with E-state index in [4.69, 9.17) is 15.5 Å². The molecule has 0 aliphatic heterocycles. The van der Waals surface area contributed by atoms with Crippen LogP contribution in [0.3, 0.4) is 0 Å². The van der Waals surface area contributed by atoms with Gasteiger partial charge >= 0.3 is 11.7 Å². The summed E-state index contributed by atoms with van der Waals surface area (Å²) >= 11 is 0. The van der Waals surface area contributed by atoms with Crippen LogP contribution >= 0.6 is 0 Å². The number of hydrogen-bond acceptors (Lipinski definition) is 10. The van der Waals surface area contributed by atoms with Gasteiger partial charge in [-0.05, 0) is 51.0 Å². The predicted octanol–water partition coefficient (Wildman–Crippen LogP) is 3.55. The van der Waals surface area contributed by atoms with Crippen molar-refractivity contribution in [3.63, 3.8) is 0 Å². The molecule has 0 unspecified atom stereocenters. The highest BCUT2D eigenvalue weighted by Crippen LogP contribution is 2.32. The summed E-state index contributed by atoms with van der Waals surface area (Å²) in [5, 5.41) is 19.7. The second kappa shape index (κ2) is 8.73. The molecular weight excluding hydrogens is 440 g/mol. The third-order valence-electron chi connectivity index (χ3n) is 5.19. The lowest BCUT2D eigenvalue weighted by molar-refractivity contribution is -0.383. The van der Waals surface area contributed by atoms with Crippen LogP contribution in [0.2, 0.25) is 0 Å². The van der Waals surface area contributed by atoms with Gasteiger partial charge in [-0.15, -0.1) is 0 Å². The summed E-state index contributed by atoms with van der Waals surface area (Å²) in [5.41, 5.74) is 9.03. The lowest BCUT2D eigenvalue weighted by Crippen LogP contribution is -2.12. The second-order valence-corrected chi connectivity index (χ2v) is 7.65. The average Bonchev–Trinajstić information content (AvgIpc) is 3.18. The van der Waals surface area contributed by atoms with Crippen LogP contribution in [0.1, 0.15) is 34.0 Å². The molecule has 0 radical (unpaired) electrons. The SMILES string of the molecule is CCOC(=O)c1cnn(-c2cc(C)c3cc(C)cc(C)c3n2)c1Nc1ncnc(N)c1[N+](=O)[O-]. The average molecular weight is 462 g/mol. The molecule has 0 amide bonds. The summed E-state index contributed by atoms with van der Waals surface area (Å²) in [5.74, 6) is -0.688. The van der Waals surface area contributed by atoms with Gasteiger partial charge in [0, 0.05) is 5.39 Å². The molecule has 4 aromatic rings. The van der Waals surface area contributed by atoms with E-state index in [1.165, 1.54) is 10.9 Å². The number of rotatable bonds is 6. The molecule has 0 spiro atoms. The number of carbonyl (C=O) groups is 1. The maximum Gasteiger partial charge on any atom is 0.353 e. The third-order valence-corrected chi connectivity index (χ3v) is 5.19. The van der Waals surface area contributed by atoms with Crippen LogP contribution in [-0.4, -0.2) is 42.2 Å². The molecule has 0 saturated heterocycles. The number of carbonyl (C=O) groups excluding carboxylic acids is 1. The number of aromatic nitrogens is 5. The van der Waals surface area contributed by atoms with Crippen LogP contribution in [0.4, 0.5) is 23.1 Å². The topological polar surface area (TPSA) is 164 Å². The number of pyridine rings is 1. The Bertz CT molecular complexity index is 1450. The molecule has 4 rings (SSSR count). The van der Waals surface area contributed by atoms with E-state index >= 15 is 0 Å². The minimum atomic E-state index is -0.702. The van der Waals surface area contributed by atoms with Crippen LogP contribution in [-0.2, 0) is 4.74 Å². The Morgan fingerprint density at radius 2 is 1.97 bits per heavy atom. The molecule has 174 valence electrons. The van der Waals surface area contributed by atoms with E-state index in [-0.39, 0.29) is 29.6 Å². The van der Waals surface area contributed by atoms with Crippen molar-refractivity contribution in [2.75, 3.05) is 17.7 Å². The largest absolute Gasteiger partial charge is 0.462 e. The molecule has 12 heteroatoms. The summed E-state index contributed by atoms with van der Waals surface area (Å²) in [6.07, 6.45) is 2.39. The quantitative estimate of drug-likeness (QED) is 0.246. The Morgan fingerprint density at radius 3 is 2.68 bits per heavy atom. The Balaban J connectivity index is 1.93. The molecule has 0 atom stereocenters. The molecule has 3 heterocycles. The van der Waals surface area contributed by atoms with Crippen molar-refractivity contribution in [3.05, 3.63) is 63.1 Å². The number of benzene rings is 1. The lowest BCUT2D eigenvalue weighted by atomic mass is 10.0. The fourth-order valence-corrected chi connectivity index (χ4v) is 3.71. The summed E-state index contributed by atoms with van der Waals surface area (Å²) in [6, 6.07) is 5.89. The number of nitrogens with two attached hydrogens (primary N) is 1. The van der Waals surface area contributed by atoms with Crippen LogP contribution in [0.5, 0.6) is 0 Å². The fraction of sp³-hybridized carbons (Fsp3) is 0.227. The van der Waals surface area contributed by atoms with E-state index in [9.17, 15) is 14.9 Å². The lowest BCUT2D eigenvalue weighted by Gasteiger charge is -2.14. The summed E-state index contributed by atoms with van der Waals surface area (Å²) in [6.45, 7) is 7.73. The van der Waals surface area contributed by atoms with Crippen LogP contribution in [0.15, 0.2) is 30.7 Å². The number of hydrogen-bond donors (Lipinski definition) is 2. The van der Waals surface area contributed by atoms with Gasteiger partial charge in [0.05, 0.1) is 23.2 Å². The van der Waals surface area contributed by atoms with Gasteiger partial charge in [0.2, 0.25) is 11.6 Å². The van der Waals surface area contributed by atoms with E-state index in [2.05, 4.69) is 20.4 Å². The number of nitrogens with zero attached hydrogens (tertiary/aromatic N) is 6. The van der Waals surface area contributed by atoms with Gasteiger partial charge in [-0.1, -0.05) is 11.6 Å². The van der Waals surface area contributed by atoms with Crippen LogP contribution in [0, 0.1) is 30.9 Å². The van der Waals surface area contributed by atoms with Crippen molar-refractivity contribution >= 4 is 40.0 Å². The predicted molar refractivity (Wildman–Crippen MR) is 125 cm³/mol. The first-order valence-corrected chi connectivity index (χ1v) is 10.4. The van der Waals surface area contributed by atoms with Crippen molar-refractivity contribution in [2.24, 2.45) is 0 Å². The zero-order valence-corrected chi connectivity index (χ0v) is 19.0. The van der Waals surface area contributed by atoms with Crippen molar-refractivity contribution in [1.29, 1.82) is 0 Å². The van der Waals surface area contributed by atoms with Gasteiger partial charge in [0.1, 0.15) is 11.9 Å². The van der Waals surface area contributed by atoms with Crippen molar-refractivity contribution < 1.29 is 14.5 Å². The van der Waals surface area contributed by atoms with Crippen molar-refractivity contribution in [3.8, 4) is 5.82 Å². The first-order chi connectivity index (χ1) is 16.2. The zero-order valence-electron chi connectivity index (χ0n) is 19.0. The summed E-state index contributed by atoms with van der Waals surface area (Å²) in [4.78, 5) is 35.9. The first-order valence-electron chi connectivity index (χ1n) is 10.4. The fourth-order valence-electron chi connectivity index (χ4n) is 3.71. The molecule has 34 heavy (non-hydrogen) atoms. The van der Waals surface area contributed by atoms with Crippen molar-refractivity contribution in [2.45, 2.75) is 27.7 Å². The van der Waals surface area contributed by atoms with Gasteiger partial charge < -0.3 is 15.8 Å². The molecule has 0 bridgehead atoms. The number of esters is 1. The van der Waals surface area contributed by atoms with E-state index in [1.807, 2.05) is 39.0 Å². The number of anilines is 3. The monoisotopic (exact) mass is 462 g/mol. The maximum absolute atomic E-state index is 12.6. The smallest absolute Gasteiger partial charge is 0.353 e. The van der Waals surface area contributed by atoms with E-state index in [0.717, 1.165) is 33.9 Å². The standard InChI is InChI=1S/C22H22N8O4/c1-5-34-22(31)15-9-26-29(21(15)28-20-18(30(32)33)19(23)24-10-25-20)16-8-12(3)14-7-11(2)6-13(4)17(14)27-16/h6-10H,5H2,1-4H3,(H3,23,24,25,28). The van der Waals surface area contributed by atoms with E-state index < -0.39 is 16.6 Å². The van der Waals surface area contributed by atoms with Crippen LogP contribution in [0.25, 0.3) is 16.7 Å². The number of nitro groups is 1. The number of fused-ring (bicyclic) bond motifs is 1. The second-order valence-electron chi connectivity index (χ2n) is 7.65. The summed E-state index contributed by atoms with van der Waals surface area (Å²) in [7, 11) is 0. The summed E-state index contributed by atoms with van der Waals surface area (Å²) < 4.78 is 6.51. The molecule has 0 fully saturated rings. The third kappa shape index (κ3) is 3.96. The number of aryl methyl sites for hydroxylation is 3. The molecule has 3 N–H and O–H groups in total. The normalized spacial score (nSPS) is 10.9. The minimum absolute atomic E-state index is 0.0495. The molecular formula is C22H22N8O4. The Labute approximate surface area is 194 Å². The molecule has 0 aliphatic rings. The maximum atomic E-state index is 12.6. The highest BCUT2D eigenvalue weighted by atomic mass is 16.6. The van der Waals surface area contributed by atoms with Gasteiger partial charge in [0.25, 0.3) is 0 Å². The Morgan fingerprint density at radius 1 is 1.21 bits per heavy atom. The molecule has 0 saturated carbocycles. The minimum Gasteiger partial charge on any atom is -0.462 e. The highest BCUT2D eigenvalue weighted by Gasteiger charge is 2.26.